The standard InChI is InChI=1S/C15H14BrNO/c1-10-6-7-12(17-9-10)8-15(18)13-4-3-5-14(16)11(13)2/h3-7,9H,8H2,1-2H3. The van der Waals surface area contributed by atoms with Gasteiger partial charge in [0.2, 0.25) is 0 Å². The number of halogens is 1. The first-order chi connectivity index (χ1) is 8.58. The monoisotopic (exact) mass is 303 g/mol. The lowest BCUT2D eigenvalue weighted by Gasteiger charge is -2.06. The van der Waals surface area contributed by atoms with Gasteiger partial charge in [0.15, 0.2) is 5.78 Å². The Hall–Kier alpha value is -1.48. The molecule has 2 aromatic rings. The molecule has 1 aromatic heterocycles. The molecule has 1 aromatic carbocycles. The number of carbonyl (C=O) groups excluding carboxylic acids is 1. The summed E-state index contributed by atoms with van der Waals surface area (Å²) in [6.07, 6.45) is 2.13. The molecular weight excluding hydrogens is 290 g/mol. The van der Waals surface area contributed by atoms with Crippen LogP contribution >= 0.6 is 15.9 Å². The number of hydrogen-bond donors (Lipinski definition) is 0. The molecule has 0 radical (unpaired) electrons. The van der Waals surface area contributed by atoms with Crippen molar-refractivity contribution >= 4 is 21.7 Å². The van der Waals surface area contributed by atoms with E-state index in [1.54, 1.807) is 6.20 Å². The molecule has 0 unspecified atom stereocenters. The zero-order valence-electron chi connectivity index (χ0n) is 10.4. The van der Waals surface area contributed by atoms with Crippen LogP contribution in [-0.2, 0) is 6.42 Å². The van der Waals surface area contributed by atoms with Crippen LogP contribution in [0.4, 0.5) is 0 Å². The molecule has 0 aliphatic carbocycles. The topological polar surface area (TPSA) is 30.0 Å². The van der Waals surface area contributed by atoms with Crippen LogP contribution in [0, 0.1) is 13.8 Å². The highest BCUT2D eigenvalue weighted by Crippen LogP contribution is 2.20. The third-order valence-corrected chi connectivity index (χ3v) is 3.74. The number of hydrogen-bond acceptors (Lipinski definition) is 2. The van der Waals surface area contributed by atoms with Gasteiger partial charge in [-0.3, -0.25) is 9.78 Å². The highest BCUT2D eigenvalue weighted by Gasteiger charge is 2.11. The Labute approximate surface area is 115 Å². The van der Waals surface area contributed by atoms with Crippen LogP contribution in [0.25, 0.3) is 0 Å². The van der Waals surface area contributed by atoms with Gasteiger partial charge >= 0.3 is 0 Å². The van der Waals surface area contributed by atoms with E-state index in [4.69, 9.17) is 0 Å². The highest BCUT2D eigenvalue weighted by molar-refractivity contribution is 9.10. The summed E-state index contributed by atoms with van der Waals surface area (Å²) in [5.74, 6) is 0.102. The summed E-state index contributed by atoms with van der Waals surface area (Å²) in [6, 6.07) is 9.56. The first-order valence-corrected chi connectivity index (χ1v) is 6.57. The number of Topliss-reactive ketones (excluding diaryl/α,β-unsaturated/α-hetero) is 1. The molecule has 0 bridgehead atoms. The summed E-state index contributed by atoms with van der Waals surface area (Å²) in [6.45, 7) is 3.93. The number of nitrogens with zero attached hydrogens (tertiary/aromatic N) is 1. The fourth-order valence-corrected chi connectivity index (χ4v) is 2.14. The Morgan fingerprint density at radius 2 is 2.00 bits per heavy atom. The van der Waals surface area contributed by atoms with Crippen LogP contribution in [0.15, 0.2) is 41.0 Å². The summed E-state index contributed by atoms with van der Waals surface area (Å²) in [4.78, 5) is 16.5. The van der Waals surface area contributed by atoms with Gasteiger partial charge in [-0.2, -0.15) is 0 Å². The van der Waals surface area contributed by atoms with E-state index in [0.29, 0.717) is 6.42 Å². The van der Waals surface area contributed by atoms with Gasteiger partial charge in [0, 0.05) is 21.9 Å². The van der Waals surface area contributed by atoms with Crippen LogP contribution < -0.4 is 0 Å². The van der Waals surface area contributed by atoms with Gasteiger partial charge in [0.1, 0.15) is 0 Å². The van der Waals surface area contributed by atoms with E-state index in [1.807, 2.05) is 44.2 Å². The molecule has 0 aliphatic heterocycles. The molecule has 92 valence electrons. The molecule has 0 aliphatic rings. The Balaban J connectivity index is 2.22. The number of aryl methyl sites for hydroxylation is 1. The Morgan fingerprint density at radius 1 is 1.22 bits per heavy atom. The normalized spacial score (nSPS) is 10.4. The number of benzene rings is 1. The number of rotatable bonds is 3. The van der Waals surface area contributed by atoms with Crippen molar-refractivity contribution in [3.8, 4) is 0 Å². The number of pyridine rings is 1. The molecule has 1 heterocycles. The van der Waals surface area contributed by atoms with Crippen molar-refractivity contribution in [3.63, 3.8) is 0 Å². The highest BCUT2D eigenvalue weighted by atomic mass is 79.9. The average Bonchev–Trinajstić information content (AvgIpc) is 2.35. The Kier molecular flexibility index (Phi) is 3.92. The molecule has 0 amide bonds. The van der Waals surface area contributed by atoms with Crippen LogP contribution in [-0.4, -0.2) is 10.8 Å². The molecule has 0 saturated heterocycles. The minimum absolute atomic E-state index is 0.102. The van der Waals surface area contributed by atoms with E-state index in [9.17, 15) is 4.79 Å². The van der Waals surface area contributed by atoms with E-state index in [1.165, 1.54) is 0 Å². The van der Waals surface area contributed by atoms with Crippen molar-refractivity contribution in [2.75, 3.05) is 0 Å². The third-order valence-electron chi connectivity index (χ3n) is 2.88. The van der Waals surface area contributed by atoms with E-state index < -0.39 is 0 Å². The van der Waals surface area contributed by atoms with Crippen molar-refractivity contribution in [2.24, 2.45) is 0 Å². The van der Waals surface area contributed by atoms with E-state index in [2.05, 4.69) is 20.9 Å². The van der Waals surface area contributed by atoms with Crippen LogP contribution in [0.2, 0.25) is 0 Å². The quantitative estimate of drug-likeness (QED) is 0.805. The first kappa shape index (κ1) is 13.0. The van der Waals surface area contributed by atoms with Gasteiger partial charge in [-0.15, -0.1) is 0 Å². The maximum absolute atomic E-state index is 12.2. The molecule has 3 heteroatoms. The molecule has 0 spiro atoms. The third kappa shape index (κ3) is 2.85. The summed E-state index contributed by atoms with van der Waals surface area (Å²) in [7, 11) is 0. The summed E-state index contributed by atoms with van der Waals surface area (Å²) in [5.41, 5.74) is 3.65. The summed E-state index contributed by atoms with van der Waals surface area (Å²) >= 11 is 3.44. The molecule has 0 fully saturated rings. The smallest absolute Gasteiger partial charge is 0.169 e. The fraction of sp³-hybridized carbons (Fsp3) is 0.200. The van der Waals surface area contributed by atoms with Gasteiger partial charge < -0.3 is 0 Å². The summed E-state index contributed by atoms with van der Waals surface area (Å²) < 4.78 is 0.963. The lowest BCUT2D eigenvalue weighted by Crippen LogP contribution is -2.07. The van der Waals surface area contributed by atoms with Crippen molar-refractivity contribution in [1.29, 1.82) is 0 Å². The maximum Gasteiger partial charge on any atom is 0.169 e. The van der Waals surface area contributed by atoms with Crippen molar-refractivity contribution in [1.82, 2.24) is 4.98 Å². The van der Waals surface area contributed by atoms with E-state index in [-0.39, 0.29) is 5.78 Å². The first-order valence-electron chi connectivity index (χ1n) is 5.78. The minimum atomic E-state index is 0.102. The number of ketones is 1. The molecule has 2 nitrogen and oxygen atoms in total. The van der Waals surface area contributed by atoms with Gasteiger partial charge in [0.05, 0.1) is 6.42 Å². The zero-order chi connectivity index (χ0) is 13.1. The van der Waals surface area contributed by atoms with Gasteiger partial charge in [-0.25, -0.2) is 0 Å². The molecule has 0 atom stereocenters. The number of aromatic nitrogens is 1. The average molecular weight is 304 g/mol. The van der Waals surface area contributed by atoms with Gasteiger partial charge in [-0.1, -0.05) is 34.1 Å². The lowest BCUT2D eigenvalue weighted by atomic mass is 10.0. The Morgan fingerprint density at radius 3 is 2.67 bits per heavy atom. The number of carbonyl (C=O) groups is 1. The molecule has 2 rings (SSSR count). The molecular formula is C15H14BrNO. The van der Waals surface area contributed by atoms with Crippen molar-refractivity contribution < 1.29 is 4.79 Å². The lowest BCUT2D eigenvalue weighted by molar-refractivity contribution is 0.0991. The molecule has 18 heavy (non-hydrogen) atoms. The Bertz CT molecular complexity index is 576. The van der Waals surface area contributed by atoms with E-state index in [0.717, 1.165) is 26.9 Å². The second-order valence-corrected chi connectivity index (χ2v) is 5.19. The van der Waals surface area contributed by atoms with Crippen molar-refractivity contribution in [2.45, 2.75) is 20.3 Å². The van der Waals surface area contributed by atoms with Crippen LogP contribution in [0.3, 0.4) is 0 Å². The van der Waals surface area contributed by atoms with Gasteiger partial charge in [-0.05, 0) is 37.1 Å². The van der Waals surface area contributed by atoms with Crippen LogP contribution in [0.5, 0.6) is 0 Å². The SMILES string of the molecule is Cc1ccc(CC(=O)c2cccc(Br)c2C)nc1. The second kappa shape index (κ2) is 5.44. The zero-order valence-corrected chi connectivity index (χ0v) is 12.0. The predicted octanol–water partition coefficient (Wildman–Crippen LogP) is 3.89. The van der Waals surface area contributed by atoms with Gasteiger partial charge in [0.25, 0.3) is 0 Å². The molecule has 0 N–H and O–H groups in total. The largest absolute Gasteiger partial charge is 0.294 e. The fourth-order valence-electron chi connectivity index (χ4n) is 1.77. The second-order valence-electron chi connectivity index (χ2n) is 4.34. The van der Waals surface area contributed by atoms with Crippen LogP contribution in [0.1, 0.15) is 27.2 Å². The predicted molar refractivity (Wildman–Crippen MR) is 75.9 cm³/mol. The minimum Gasteiger partial charge on any atom is -0.294 e. The molecule has 0 saturated carbocycles. The van der Waals surface area contributed by atoms with E-state index >= 15 is 0 Å². The maximum atomic E-state index is 12.2. The summed E-state index contributed by atoms with van der Waals surface area (Å²) in [5, 5.41) is 0. The van der Waals surface area contributed by atoms with Crippen molar-refractivity contribution in [3.05, 3.63) is 63.4 Å².